The number of carbonyl (C=O) groups is 2. The topological polar surface area (TPSA) is 85.2 Å². The van der Waals surface area contributed by atoms with Gasteiger partial charge in [0.05, 0.1) is 16.8 Å². The highest BCUT2D eigenvalue weighted by atomic mass is 79.9. The Balaban J connectivity index is 1.73. The van der Waals surface area contributed by atoms with Gasteiger partial charge in [0, 0.05) is 24.1 Å². The van der Waals surface area contributed by atoms with Gasteiger partial charge < -0.3 is 15.4 Å². The highest BCUT2D eigenvalue weighted by Gasteiger charge is 2.15. The number of nitrogens with one attached hydrogen (secondary N) is 2. The van der Waals surface area contributed by atoms with Gasteiger partial charge in [0.25, 0.3) is 0 Å². The minimum Gasteiger partial charge on any atom is -0.444 e. The van der Waals surface area contributed by atoms with Crippen molar-refractivity contribution in [2.45, 2.75) is 32.9 Å². The standard InChI is InChI=1S/C19H24BrFN4O3S/c1-19(2,3)28-18(27)22-8-9-29-12-16(26)23-17-14(20)11-25(24-17)10-13-6-4-5-7-15(13)21/h4-7,11H,8-10,12H2,1-3H3,(H,22,27)(H,23,24,26). The minimum absolute atomic E-state index is 0.211. The first-order chi connectivity index (χ1) is 13.6. The van der Waals surface area contributed by atoms with Gasteiger partial charge in [-0.25, -0.2) is 9.18 Å². The lowest BCUT2D eigenvalue weighted by Gasteiger charge is -2.19. The molecule has 0 spiro atoms. The van der Waals surface area contributed by atoms with Crippen molar-refractivity contribution < 1.29 is 18.7 Å². The third kappa shape index (κ3) is 8.45. The van der Waals surface area contributed by atoms with Crippen molar-refractivity contribution in [2.24, 2.45) is 0 Å². The average molecular weight is 487 g/mol. The molecule has 0 fully saturated rings. The Morgan fingerprint density at radius 1 is 1.31 bits per heavy atom. The summed E-state index contributed by atoms with van der Waals surface area (Å²) in [5.41, 5.74) is -0.0337. The number of anilines is 1. The molecular weight excluding hydrogens is 463 g/mol. The number of carbonyl (C=O) groups excluding carboxylic acids is 2. The molecule has 2 aromatic rings. The zero-order valence-electron chi connectivity index (χ0n) is 16.5. The average Bonchev–Trinajstić information content (AvgIpc) is 2.94. The van der Waals surface area contributed by atoms with Crippen LogP contribution in [0, 0.1) is 5.82 Å². The fraction of sp³-hybridized carbons (Fsp3) is 0.421. The highest BCUT2D eigenvalue weighted by molar-refractivity contribution is 9.10. The van der Waals surface area contributed by atoms with Crippen LogP contribution in [0.15, 0.2) is 34.9 Å². The third-order valence-electron chi connectivity index (χ3n) is 3.41. The number of nitrogens with zero attached hydrogens (tertiary/aromatic N) is 2. The Bertz CT molecular complexity index is 854. The first kappa shape index (κ1) is 23.2. The highest BCUT2D eigenvalue weighted by Crippen LogP contribution is 2.21. The van der Waals surface area contributed by atoms with E-state index < -0.39 is 11.7 Å². The lowest BCUT2D eigenvalue weighted by Crippen LogP contribution is -2.33. The largest absolute Gasteiger partial charge is 0.444 e. The van der Waals surface area contributed by atoms with Gasteiger partial charge in [-0.2, -0.15) is 16.9 Å². The third-order valence-corrected chi connectivity index (χ3v) is 4.95. The van der Waals surface area contributed by atoms with Crippen LogP contribution < -0.4 is 10.6 Å². The number of hydrogen-bond donors (Lipinski definition) is 2. The summed E-state index contributed by atoms with van der Waals surface area (Å²) in [5.74, 6) is 0.627. The van der Waals surface area contributed by atoms with Gasteiger partial charge in [-0.05, 0) is 42.8 Å². The zero-order chi connectivity index (χ0) is 21.4. The number of halogens is 2. The molecular formula is C19H24BrFN4O3S. The molecule has 158 valence electrons. The maximum Gasteiger partial charge on any atom is 0.407 e. The molecule has 0 aliphatic heterocycles. The van der Waals surface area contributed by atoms with E-state index in [2.05, 4.69) is 31.7 Å². The monoisotopic (exact) mass is 486 g/mol. The second-order valence-corrected chi connectivity index (χ2v) is 9.10. The normalized spacial score (nSPS) is 11.2. The van der Waals surface area contributed by atoms with Crippen molar-refractivity contribution in [1.29, 1.82) is 0 Å². The molecule has 1 aromatic heterocycles. The van der Waals surface area contributed by atoms with Gasteiger partial charge in [-0.3, -0.25) is 9.48 Å². The van der Waals surface area contributed by atoms with Gasteiger partial charge in [-0.15, -0.1) is 0 Å². The van der Waals surface area contributed by atoms with E-state index in [0.717, 1.165) is 0 Å². The summed E-state index contributed by atoms with van der Waals surface area (Å²) in [7, 11) is 0. The summed E-state index contributed by atoms with van der Waals surface area (Å²) < 4.78 is 21.1. The molecule has 0 saturated heterocycles. The van der Waals surface area contributed by atoms with Crippen LogP contribution in [-0.2, 0) is 16.1 Å². The molecule has 0 saturated carbocycles. The number of amides is 2. The summed E-state index contributed by atoms with van der Waals surface area (Å²) in [6.07, 6.45) is 1.20. The van der Waals surface area contributed by atoms with Crippen LogP contribution in [-0.4, -0.2) is 45.4 Å². The summed E-state index contributed by atoms with van der Waals surface area (Å²) in [6, 6.07) is 6.47. The number of hydrogen-bond acceptors (Lipinski definition) is 5. The Morgan fingerprint density at radius 2 is 2.03 bits per heavy atom. The van der Waals surface area contributed by atoms with E-state index in [-0.39, 0.29) is 24.0 Å². The molecule has 1 heterocycles. The number of aromatic nitrogens is 2. The number of alkyl carbamates (subject to hydrolysis) is 1. The summed E-state index contributed by atoms with van der Waals surface area (Å²) >= 11 is 4.73. The SMILES string of the molecule is CC(C)(C)OC(=O)NCCSCC(=O)Nc1nn(Cc2ccccc2F)cc1Br. The molecule has 2 rings (SSSR count). The van der Waals surface area contributed by atoms with Crippen molar-refractivity contribution in [3.63, 3.8) is 0 Å². The summed E-state index contributed by atoms with van der Waals surface area (Å²) in [4.78, 5) is 23.6. The number of ether oxygens (including phenoxy) is 1. The van der Waals surface area contributed by atoms with Crippen molar-refractivity contribution in [2.75, 3.05) is 23.4 Å². The molecule has 0 unspecified atom stereocenters. The van der Waals surface area contributed by atoms with E-state index >= 15 is 0 Å². The van der Waals surface area contributed by atoms with E-state index in [1.807, 2.05) is 0 Å². The molecule has 0 aliphatic rings. The molecule has 0 radical (unpaired) electrons. The number of rotatable bonds is 8. The Hall–Kier alpha value is -2.07. The van der Waals surface area contributed by atoms with Crippen LogP contribution in [0.3, 0.4) is 0 Å². The minimum atomic E-state index is -0.541. The predicted octanol–water partition coefficient (Wildman–Crippen LogP) is 4.03. The van der Waals surface area contributed by atoms with E-state index in [4.69, 9.17) is 4.74 Å². The molecule has 7 nitrogen and oxygen atoms in total. The smallest absolute Gasteiger partial charge is 0.407 e. The van der Waals surface area contributed by atoms with Crippen molar-refractivity contribution in [3.05, 3.63) is 46.3 Å². The van der Waals surface area contributed by atoms with Gasteiger partial charge in [0.2, 0.25) is 5.91 Å². The lowest BCUT2D eigenvalue weighted by molar-refractivity contribution is -0.113. The van der Waals surface area contributed by atoms with Crippen LogP contribution in [0.4, 0.5) is 15.0 Å². The van der Waals surface area contributed by atoms with Crippen molar-refractivity contribution >= 4 is 45.5 Å². The number of thioether (sulfide) groups is 1. The Labute approximate surface area is 181 Å². The van der Waals surface area contributed by atoms with Crippen LogP contribution in [0.1, 0.15) is 26.3 Å². The van der Waals surface area contributed by atoms with Crippen LogP contribution in [0.25, 0.3) is 0 Å². The molecule has 10 heteroatoms. The van der Waals surface area contributed by atoms with E-state index in [9.17, 15) is 14.0 Å². The fourth-order valence-corrected chi connectivity index (χ4v) is 3.30. The Kier molecular flexibility index (Phi) is 8.51. The van der Waals surface area contributed by atoms with Gasteiger partial charge in [-0.1, -0.05) is 18.2 Å². The zero-order valence-corrected chi connectivity index (χ0v) is 18.9. The second-order valence-electron chi connectivity index (χ2n) is 7.14. The molecule has 2 N–H and O–H groups in total. The molecule has 1 aromatic carbocycles. The van der Waals surface area contributed by atoms with Crippen molar-refractivity contribution in [1.82, 2.24) is 15.1 Å². The molecule has 2 amide bonds. The first-order valence-corrected chi connectivity index (χ1v) is 10.9. The molecule has 0 aliphatic carbocycles. The Morgan fingerprint density at radius 3 is 2.72 bits per heavy atom. The van der Waals surface area contributed by atoms with Gasteiger partial charge >= 0.3 is 6.09 Å². The van der Waals surface area contributed by atoms with E-state index in [1.54, 1.807) is 49.8 Å². The van der Waals surface area contributed by atoms with Crippen molar-refractivity contribution in [3.8, 4) is 0 Å². The van der Waals surface area contributed by atoms with Crippen LogP contribution in [0.5, 0.6) is 0 Å². The molecule has 0 bridgehead atoms. The van der Waals surface area contributed by atoms with Gasteiger partial charge in [0.15, 0.2) is 5.82 Å². The predicted molar refractivity (Wildman–Crippen MR) is 116 cm³/mol. The van der Waals surface area contributed by atoms with Crippen LogP contribution in [0.2, 0.25) is 0 Å². The fourth-order valence-electron chi connectivity index (χ4n) is 2.24. The van der Waals surface area contributed by atoms with Gasteiger partial charge in [0.1, 0.15) is 11.4 Å². The molecule has 0 atom stereocenters. The maximum atomic E-state index is 13.8. The van der Waals surface area contributed by atoms with E-state index in [0.29, 0.717) is 28.2 Å². The van der Waals surface area contributed by atoms with Crippen LogP contribution >= 0.6 is 27.7 Å². The molecule has 29 heavy (non-hydrogen) atoms. The second kappa shape index (κ2) is 10.6. The lowest BCUT2D eigenvalue weighted by atomic mass is 10.2. The maximum absolute atomic E-state index is 13.8. The van der Waals surface area contributed by atoms with E-state index in [1.165, 1.54) is 17.8 Å². The summed E-state index contributed by atoms with van der Waals surface area (Å²) in [5, 5.41) is 9.63. The quantitative estimate of drug-likeness (QED) is 0.550. The number of benzene rings is 1. The summed E-state index contributed by atoms with van der Waals surface area (Å²) in [6.45, 7) is 6.03. The first-order valence-electron chi connectivity index (χ1n) is 8.95.